The number of benzene rings is 1. The number of hydrogen-bond donors (Lipinski definition) is 2. The van der Waals surface area contributed by atoms with E-state index in [9.17, 15) is 4.79 Å². The maximum Gasteiger partial charge on any atom is 0.417 e. The highest BCUT2D eigenvalue weighted by Gasteiger charge is 2.14. The molecular formula is C14H14N2O3. The van der Waals surface area contributed by atoms with E-state index >= 15 is 0 Å². The standard InChI is InChI=1S/C14H14N2O3/c1-2-9-4-6-11(18-9)13(15)8-3-5-10-12(7-8)19-14(17)16-10/h3-7,13H,2,15H2,1H3,(H,16,17). The third-order valence-electron chi connectivity index (χ3n) is 3.14. The van der Waals surface area contributed by atoms with Crippen LogP contribution in [0.2, 0.25) is 0 Å². The molecule has 0 radical (unpaired) electrons. The topological polar surface area (TPSA) is 85.2 Å². The third-order valence-corrected chi connectivity index (χ3v) is 3.14. The highest BCUT2D eigenvalue weighted by molar-refractivity contribution is 5.73. The van der Waals surface area contributed by atoms with Gasteiger partial charge in [0.05, 0.1) is 11.6 Å². The Morgan fingerprint density at radius 3 is 2.84 bits per heavy atom. The van der Waals surface area contributed by atoms with Gasteiger partial charge in [0.25, 0.3) is 0 Å². The molecule has 0 amide bonds. The lowest BCUT2D eigenvalue weighted by Crippen LogP contribution is -2.10. The fraction of sp³-hybridized carbons (Fsp3) is 0.214. The molecule has 3 N–H and O–H groups in total. The first-order valence-electron chi connectivity index (χ1n) is 6.14. The summed E-state index contributed by atoms with van der Waals surface area (Å²) in [5.41, 5.74) is 8.16. The molecule has 2 aromatic heterocycles. The number of aryl methyl sites for hydroxylation is 1. The molecule has 0 aliphatic heterocycles. The number of aromatic amines is 1. The summed E-state index contributed by atoms with van der Waals surface area (Å²) in [5, 5.41) is 0. The molecule has 1 unspecified atom stereocenters. The third kappa shape index (κ3) is 2.08. The van der Waals surface area contributed by atoms with Gasteiger partial charge in [-0.15, -0.1) is 0 Å². The average Bonchev–Trinajstić information content (AvgIpc) is 3.01. The van der Waals surface area contributed by atoms with Gasteiger partial charge in [-0.05, 0) is 29.8 Å². The van der Waals surface area contributed by atoms with Crippen molar-refractivity contribution < 1.29 is 8.83 Å². The number of aromatic nitrogens is 1. The normalized spacial score (nSPS) is 12.9. The molecule has 5 heteroatoms. The molecule has 19 heavy (non-hydrogen) atoms. The highest BCUT2D eigenvalue weighted by atomic mass is 16.4. The molecule has 2 heterocycles. The Balaban J connectivity index is 2.00. The molecule has 0 aliphatic rings. The van der Waals surface area contributed by atoms with Crippen molar-refractivity contribution in [2.45, 2.75) is 19.4 Å². The molecule has 0 aliphatic carbocycles. The molecule has 1 aromatic carbocycles. The Kier molecular flexibility index (Phi) is 2.76. The van der Waals surface area contributed by atoms with Crippen molar-refractivity contribution in [3.63, 3.8) is 0 Å². The SMILES string of the molecule is CCc1ccc(C(N)c2ccc3[nH]c(=O)oc3c2)o1. The number of nitrogens with two attached hydrogens (primary N) is 1. The van der Waals surface area contributed by atoms with Crippen LogP contribution in [-0.4, -0.2) is 4.98 Å². The van der Waals surface area contributed by atoms with E-state index < -0.39 is 5.76 Å². The molecule has 98 valence electrons. The summed E-state index contributed by atoms with van der Waals surface area (Å²) < 4.78 is 10.7. The van der Waals surface area contributed by atoms with Crippen LogP contribution in [0.15, 0.2) is 44.0 Å². The van der Waals surface area contributed by atoms with E-state index in [1.165, 1.54) is 0 Å². The molecular weight excluding hydrogens is 244 g/mol. The largest absolute Gasteiger partial charge is 0.464 e. The molecule has 5 nitrogen and oxygen atoms in total. The highest BCUT2D eigenvalue weighted by Crippen LogP contribution is 2.24. The predicted molar refractivity (Wildman–Crippen MR) is 71.0 cm³/mol. The lowest BCUT2D eigenvalue weighted by Gasteiger charge is -2.08. The molecule has 0 spiro atoms. The minimum atomic E-state index is -0.466. The summed E-state index contributed by atoms with van der Waals surface area (Å²) in [6.07, 6.45) is 0.832. The quantitative estimate of drug-likeness (QED) is 0.755. The zero-order valence-electron chi connectivity index (χ0n) is 10.5. The van der Waals surface area contributed by atoms with Crippen LogP contribution < -0.4 is 11.5 Å². The summed E-state index contributed by atoms with van der Waals surface area (Å²) in [5.74, 6) is 1.14. The van der Waals surface area contributed by atoms with Crippen LogP contribution in [0.4, 0.5) is 0 Å². The zero-order chi connectivity index (χ0) is 13.4. The molecule has 0 saturated heterocycles. The lowest BCUT2D eigenvalue weighted by molar-refractivity contribution is 0.454. The van der Waals surface area contributed by atoms with Crippen LogP contribution in [0.1, 0.15) is 30.0 Å². The second-order valence-corrected chi connectivity index (χ2v) is 4.41. The Labute approximate surface area is 109 Å². The number of rotatable bonds is 3. The van der Waals surface area contributed by atoms with E-state index in [1.807, 2.05) is 25.1 Å². The van der Waals surface area contributed by atoms with Crippen LogP contribution in [0.3, 0.4) is 0 Å². The van der Waals surface area contributed by atoms with Crippen molar-refractivity contribution >= 4 is 11.1 Å². The van der Waals surface area contributed by atoms with Gasteiger partial charge in [-0.25, -0.2) is 4.79 Å². The fourth-order valence-electron chi connectivity index (χ4n) is 2.07. The molecule has 0 fully saturated rings. The first-order chi connectivity index (χ1) is 9.17. The molecule has 0 bridgehead atoms. The van der Waals surface area contributed by atoms with Gasteiger partial charge in [0.15, 0.2) is 5.58 Å². The van der Waals surface area contributed by atoms with E-state index in [2.05, 4.69) is 4.98 Å². The van der Waals surface area contributed by atoms with Crippen LogP contribution >= 0.6 is 0 Å². The summed E-state index contributed by atoms with van der Waals surface area (Å²) in [4.78, 5) is 13.7. The predicted octanol–water partition coefficient (Wildman–Crippen LogP) is 2.32. The Morgan fingerprint density at radius 2 is 2.11 bits per heavy atom. The van der Waals surface area contributed by atoms with Crippen molar-refractivity contribution in [3.05, 3.63) is 58.0 Å². The number of fused-ring (bicyclic) bond motifs is 1. The van der Waals surface area contributed by atoms with E-state index in [4.69, 9.17) is 14.6 Å². The Bertz CT molecular complexity index is 766. The molecule has 3 rings (SSSR count). The Morgan fingerprint density at radius 1 is 1.26 bits per heavy atom. The zero-order valence-corrected chi connectivity index (χ0v) is 10.5. The van der Waals surface area contributed by atoms with Crippen LogP contribution in [0, 0.1) is 0 Å². The molecule has 1 atom stereocenters. The summed E-state index contributed by atoms with van der Waals surface area (Å²) in [6, 6.07) is 8.81. The van der Waals surface area contributed by atoms with Crippen LogP contribution in [0.25, 0.3) is 11.1 Å². The number of furan rings is 1. The number of oxazole rings is 1. The second kappa shape index (κ2) is 4.44. The first kappa shape index (κ1) is 11.8. The monoisotopic (exact) mass is 258 g/mol. The van der Waals surface area contributed by atoms with Gasteiger partial charge < -0.3 is 14.6 Å². The van der Waals surface area contributed by atoms with Crippen molar-refractivity contribution in [1.29, 1.82) is 0 Å². The van der Waals surface area contributed by atoms with Gasteiger partial charge in [-0.1, -0.05) is 13.0 Å². The van der Waals surface area contributed by atoms with Crippen molar-refractivity contribution in [2.24, 2.45) is 5.73 Å². The van der Waals surface area contributed by atoms with Crippen LogP contribution in [0.5, 0.6) is 0 Å². The number of hydrogen-bond acceptors (Lipinski definition) is 4. The van der Waals surface area contributed by atoms with Gasteiger partial charge in [-0.3, -0.25) is 4.98 Å². The summed E-state index contributed by atoms with van der Waals surface area (Å²) >= 11 is 0. The summed E-state index contributed by atoms with van der Waals surface area (Å²) in [6.45, 7) is 2.02. The van der Waals surface area contributed by atoms with E-state index in [0.29, 0.717) is 16.9 Å². The minimum absolute atomic E-state index is 0.370. The maximum atomic E-state index is 11.1. The van der Waals surface area contributed by atoms with E-state index in [0.717, 1.165) is 17.7 Å². The van der Waals surface area contributed by atoms with Gasteiger partial charge in [0.1, 0.15) is 11.5 Å². The first-order valence-corrected chi connectivity index (χ1v) is 6.14. The van der Waals surface area contributed by atoms with Gasteiger partial charge in [-0.2, -0.15) is 0 Å². The Hall–Kier alpha value is -2.27. The van der Waals surface area contributed by atoms with Crippen LogP contribution in [-0.2, 0) is 6.42 Å². The van der Waals surface area contributed by atoms with Crippen molar-refractivity contribution in [2.75, 3.05) is 0 Å². The molecule has 3 aromatic rings. The van der Waals surface area contributed by atoms with E-state index in [-0.39, 0.29) is 6.04 Å². The summed E-state index contributed by atoms with van der Waals surface area (Å²) in [7, 11) is 0. The number of nitrogens with one attached hydrogen (secondary N) is 1. The van der Waals surface area contributed by atoms with Crippen molar-refractivity contribution in [1.82, 2.24) is 4.98 Å². The smallest absolute Gasteiger partial charge is 0.417 e. The van der Waals surface area contributed by atoms with Gasteiger partial charge in [0, 0.05) is 6.42 Å². The lowest BCUT2D eigenvalue weighted by atomic mass is 10.1. The maximum absolute atomic E-state index is 11.1. The average molecular weight is 258 g/mol. The van der Waals surface area contributed by atoms with Crippen molar-refractivity contribution in [3.8, 4) is 0 Å². The second-order valence-electron chi connectivity index (χ2n) is 4.41. The number of H-pyrrole nitrogens is 1. The molecule has 0 saturated carbocycles. The minimum Gasteiger partial charge on any atom is -0.464 e. The van der Waals surface area contributed by atoms with E-state index in [1.54, 1.807) is 12.1 Å². The van der Waals surface area contributed by atoms with Gasteiger partial charge >= 0.3 is 5.76 Å². The van der Waals surface area contributed by atoms with Gasteiger partial charge in [0.2, 0.25) is 0 Å². The fourth-order valence-corrected chi connectivity index (χ4v) is 2.07.